The second-order valence-electron chi connectivity index (χ2n) is 7.76. The molecule has 0 radical (unpaired) electrons. The van der Waals surface area contributed by atoms with Gasteiger partial charge in [-0.2, -0.15) is 0 Å². The lowest BCUT2D eigenvalue weighted by Gasteiger charge is -2.14. The number of hydrogen-bond acceptors (Lipinski definition) is 6. The van der Waals surface area contributed by atoms with Crippen molar-refractivity contribution >= 4 is 46.1 Å². The monoisotopic (exact) mass is 569 g/mol. The number of benzene rings is 1. The van der Waals surface area contributed by atoms with E-state index in [1.54, 1.807) is 17.4 Å². The van der Waals surface area contributed by atoms with Crippen molar-refractivity contribution in [3.8, 4) is 18.1 Å². The molecule has 1 aromatic heterocycles. The minimum atomic E-state index is -0.680. The summed E-state index contributed by atoms with van der Waals surface area (Å²) in [5, 5.41) is 1.99. The van der Waals surface area contributed by atoms with Crippen LogP contribution in [0.3, 0.4) is 0 Å². The summed E-state index contributed by atoms with van der Waals surface area (Å²) in [6, 6.07) is 11.4. The molecule has 1 heterocycles. The van der Waals surface area contributed by atoms with Crippen molar-refractivity contribution in [3.05, 3.63) is 93.2 Å². The van der Waals surface area contributed by atoms with Crippen molar-refractivity contribution in [1.29, 1.82) is 0 Å². The third-order valence-electron chi connectivity index (χ3n) is 5.19. The lowest BCUT2D eigenvalue weighted by molar-refractivity contribution is 0.318. The highest BCUT2D eigenvalue weighted by Gasteiger charge is 2.15. The number of allylic oxidation sites excluding steroid dienone is 3. The van der Waals surface area contributed by atoms with Gasteiger partial charge in [-0.1, -0.05) is 63.1 Å². The molecule has 4 N–H and O–H groups in total. The Labute approximate surface area is 242 Å². The first-order chi connectivity index (χ1) is 18.5. The van der Waals surface area contributed by atoms with Gasteiger partial charge in [-0.25, -0.2) is 4.99 Å². The average molecular weight is 570 g/mol. The maximum absolute atomic E-state index is 6.60. The van der Waals surface area contributed by atoms with Gasteiger partial charge in [-0.05, 0) is 66.8 Å². The number of alkyl halides is 1. The van der Waals surface area contributed by atoms with Crippen LogP contribution in [0.1, 0.15) is 44.1 Å². The third kappa shape index (κ3) is 11.0. The minimum absolute atomic E-state index is 0.555. The highest BCUT2D eigenvalue weighted by molar-refractivity contribution is 8.02. The fourth-order valence-electron chi connectivity index (χ4n) is 3.30. The maximum atomic E-state index is 6.60. The number of thiophene rings is 1. The molecule has 2 rings (SSSR count). The summed E-state index contributed by atoms with van der Waals surface area (Å²) >= 11 is 8.85. The zero-order valence-corrected chi connectivity index (χ0v) is 25.3. The first kappa shape index (κ1) is 33.3. The van der Waals surface area contributed by atoms with Crippen LogP contribution >= 0.6 is 34.7 Å². The SMILES string of the molecule is C#CC(N)C(/C=C(\CC)Cc1cccc(OCCCCl)c1)=N/C(=C(N)/C(=C/C=C)SC)c1cccs1.CC. The van der Waals surface area contributed by atoms with Crippen LogP contribution in [0.15, 0.2) is 87.8 Å². The normalized spacial score (nSPS) is 13.6. The van der Waals surface area contributed by atoms with Crippen molar-refractivity contribution in [2.24, 2.45) is 16.5 Å². The van der Waals surface area contributed by atoms with Crippen molar-refractivity contribution in [2.75, 3.05) is 18.7 Å². The molecule has 0 aliphatic carbocycles. The molecule has 0 fully saturated rings. The lowest BCUT2D eigenvalue weighted by atomic mass is 9.99. The summed E-state index contributed by atoms with van der Waals surface area (Å²) in [4.78, 5) is 6.76. The summed E-state index contributed by atoms with van der Waals surface area (Å²) < 4.78 is 5.80. The van der Waals surface area contributed by atoms with E-state index in [9.17, 15) is 0 Å². The minimum Gasteiger partial charge on any atom is -0.494 e. The van der Waals surface area contributed by atoms with Crippen LogP contribution in [-0.2, 0) is 6.42 Å². The fourth-order valence-corrected chi connectivity index (χ4v) is 4.68. The number of terminal acetylenes is 1. The fraction of sp³-hybridized carbons (Fsp3) is 0.323. The highest BCUT2D eigenvalue weighted by Crippen LogP contribution is 2.30. The van der Waals surface area contributed by atoms with Crippen molar-refractivity contribution in [2.45, 2.75) is 46.1 Å². The molecule has 2 aromatic rings. The third-order valence-corrected chi connectivity index (χ3v) is 7.13. The van der Waals surface area contributed by atoms with Gasteiger partial charge in [0.2, 0.25) is 0 Å². The van der Waals surface area contributed by atoms with E-state index in [1.165, 1.54) is 11.8 Å². The van der Waals surface area contributed by atoms with E-state index in [0.717, 1.165) is 45.9 Å². The van der Waals surface area contributed by atoms with Crippen LogP contribution in [-0.4, -0.2) is 30.5 Å². The first-order valence-electron chi connectivity index (χ1n) is 12.6. The van der Waals surface area contributed by atoms with Crippen LogP contribution in [0.4, 0.5) is 0 Å². The zero-order valence-electron chi connectivity index (χ0n) is 22.9. The molecule has 1 aromatic carbocycles. The summed E-state index contributed by atoms with van der Waals surface area (Å²) in [5.41, 5.74) is 17.0. The quantitative estimate of drug-likeness (QED) is 0.0799. The van der Waals surface area contributed by atoms with Gasteiger partial charge in [-0.15, -0.1) is 41.1 Å². The molecular formula is C31H40ClN3OS2. The number of hydrogen-bond donors (Lipinski definition) is 2. The van der Waals surface area contributed by atoms with E-state index in [0.29, 0.717) is 29.6 Å². The van der Waals surface area contributed by atoms with Gasteiger partial charge in [0.25, 0.3) is 0 Å². The smallest absolute Gasteiger partial charge is 0.119 e. The Hall–Kier alpha value is -2.69. The molecule has 1 unspecified atom stereocenters. The number of nitrogens with zero attached hydrogens (tertiary/aromatic N) is 1. The van der Waals surface area contributed by atoms with Crippen molar-refractivity contribution in [1.82, 2.24) is 0 Å². The molecule has 0 bridgehead atoms. The van der Waals surface area contributed by atoms with E-state index in [1.807, 2.05) is 61.9 Å². The van der Waals surface area contributed by atoms with E-state index < -0.39 is 6.04 Å². The zero-order chi connectivity index (χ0) is 28.3. The van der Waals surface area contributed by atoms with E-state index in [4.69, 9.17) is 39.2 Å². The molecule has 7 heteroatoms. The Morgan fingerprint density at radius 2 is 2.08 bits per heavy atom. The number of thioether (sulfide) groups is 1. The van der Waals surface area contributed by atoms with Gasteiger partial charge in [0.15, 0.2) is 0 Å². The number of nitrogens with two attached hydrogens (primary N) is 2. The molecule has 204 valence electrons. The molecule has 0 aliphatic rings. The van der Waals surface area contributed by atoms with Gasteiger partial charge < -0.3 is 16.2 Å². The molecule has 38 heavy (non-hydrogen) atoms. The molecule has 0 saturated heterocycles. The Morgan fingerprint density at radius 3 is 2.66 bits per heavy atom. The van der Waals surface area contributed by atoms with Crippen molar-refractivity contribution in [3.63, 3.8) is 0 Å². The second kappa shape index (κ2) is 19.4. The molecule has 0 saturated carbocycles. The van der Waals surface area contributed by atoms with E-state index >= 15 is 0 Å². The standard InChI is InChI=1S/C29H34ClN3OS2.C2H6/c1-5-11-26(35-4)28(32)29(27-14-9-17-36-27)33-25(24(31)7-3)20-21(6-2)18-22-12-8-13-23(19-22)34-16-10-15-30;1-2/h3,5,8-9,11-14,17,19-20,24H,1,6,10,15-16,18,31-32H2,2,4H3;1-2H3/b21-20+,26-11-,29-28-,33-25+;. The molecular weight excluding hydrogens is 530 g/mol. The molecule has 0 spiro atoms. The summed E-state index contributed by atoms with van der Waals surface area (Å²) in [5.74, 6) is 4.04. The van der Waals surface area contributed by atoms with Gasteiger partial charge in [-0.3, -0.25) is 0 Å². The summed E-state index contributed by atoms with van der Waals surface area (Å²) in [7, 11) is 0. The maximum Gasteiger partial charge on any atom is 0.119 e. The van der Waals surface area contributed by atoms with E-state index in [-0.39, 0.29) is 0 Å². The summed E-state index contributed by atoms with van der Waals surface area (Å²) in [6.45, 7) is 10.5. The Balaban J connectivity index is 0.00000352. The highest BCUT2D eigenvalue weighted by atomic mass is 35.5. The van der Waals surface area contributed by atoms with Crippen LogP contribution in [0.25, 0.3) is 5.70 Å². The van der Waals surface area contributed by atoms with Crippen molar-refractivity contribution < 1.29 is 4.74 Å². The lowest BCUT2D eigenvalue weighted by Crippen LogP contribution is -2.28. The predicted octanol–water partition coefficient (Wildman–Crippen LogP) is 7.82. The molecule has 0 aliphatic heterocycles. The Bertz CT molecular complexity index is 1160. The van der Waals surface area contributed by atoms with E-state index in [2.05, 4.69) is 31.6 Å². The van der Waals surface area contributed by atoms with Gasteiger partial charge in [0, 0.05) is 10.8 Å². The largest absolute Gasteiger partial charge is 0.494 e. The predicted molar refractivity (Wildman–Crippen MR) is 172 cm³/mol. The van der Waals surface area contributed by atoms with Gasteiger partial charge >= 0.3 is 0 Å². The van der Waals surface area contributed by atoms with Crippen LogP contribution in [0, 0.1) is 12.3 Å². The second-order valence-corrected chi connectivity index (χ2v) is 9.94. The van der Waals surface area contributed by atoms with Crippen LogP contribution in [0.5, 0.6) is 5.75 Å². The average Bonchev–Trinajstić information content (AvgIpc) is 3.48. The number of rotatable bonds is 14. The molecule has 0 amide bonds. The van der Waals surface area contributed by atoms with Crippen LogP contribution < -0.4 is 16.2 Å². The number of halogens is 1. The first-order valence-corrected chi connectivity index (χ1v) is 15.3. The number of aliphatic imine (C=N–C) groups is 1. The van der Waals surface area contributed by atoms with Crippen LogP contribution in [0.2, 0.25) is 0 Å². The Kier molecular flexibility index (Phi) is 17.0. The number of ether oxygens (including phenoxy) is 1. The topological polar surface area (TPSA) is 73.6 Å². The molecule has 4 nitrogen and oxygen atoms in total. The summed E-state index contributed by atoms with van der Waals surface area (Å²) in [6.07, 6.45) is 15.6. The van der Waals surface area contributed by atoms with Gasteiger partial charge in [0.1, 0.15) is 17.5 Å². The molecule has 1 atom stereocenters. The Morgan fingerprint density at radius 1 is 1.32 bits per heavy atom. The van der Waals surface area contributed by atoms with Gasteiger partial charge in [0.05, 0.1) is 22.9 Å².